The summed E-state index contributed by atoms with van der Waals surface area (Å²) in [4.78, 5) is 0. The molecule has 0 amide bonds. The van der Waals surface area contributed by atoms with Crippen LogP contribution in [0.2, 0.25) is 0 Å². The zero-order valence-electron chi connectivity index (χ0n) is 22.3. The Hall–Kier alpha value is -0.648. The van der Waals surface area contributed by atoms with Gasteiger partial charge in [0.25, 0.3) is 0 Å². The Kier molecular flexibility index (Phi) is 11.8. The first-order chi connectivity index (χ1) is 17.6. The first-order valence-corrected chi connectivity index (χ1v) is 22.2. The van der Waals surface area contributed by atoms with Crippen molar-refractivity contribution < 1.29 is 13.9 Å². The Balaban J connectivity index is 0.00000121. The SMILES string of the molecule is CC(C)(C)C1=NN(/C(=C\P(c2ccccc2)c2ccccc2)C(C)(C)C)P(c2ccccc2)C1.[Br][Pd][Br]. The number of benzene rings is 3. The molecule has 0 saturated carbocycles. The molecular formula is C30H36Br2N2P2Pd. The fourth-order valence-corrected chi connectivity index (χ4v) is 9.05. The number of rotatable bonds is 5. The summed E-state index contributed by atoms with van der Waals surface area (Å²) in [6.45, 7) is 13.8. The second kappa shape index (κ2) is 14.1. The third-order valence-corrected chi connectivity index (χ3v) is 10.4. The summed E-state index contributed by atoms with van der Waals surface area (Å²) in [5, 5.41) is 9.47. The molecular weight excluding hydrogens is 717 g/mol. The standard InChI is InChI=1S/C30H36N2P2.2BrH.Pd/c1-29(2,3)27-22-34(26-20-14-9-15-21-26)32(31-27)28(30(4,5)6)23-33(24-16-10-7-11-17-24)25-18-12-8-13-19-25;;;/h7-21,23H,22H2,1-6H3;2*1H;/q;;;+2/p-2/b28-23-;;;. The Morgan fingerprint density at radius 2 is 1.24 bits per heavy atom. The van der Waals surface area contributed by atoms with Crippen LogP contribution in [-0.2, 0) is 13.9 Å². The van der Waals surface area contributed by atoms with Crippen LogP contribution in [-0.4, -0.2) is 16.7 Å². The van der Waals surface area contributed by atoms with Gasteiger partial charge in [-0.2, -0.15) is 5.10 Å². The maximum atomic E-state index is 5.35. The van der Waals surface area contributed by atoms with E-state index in [1.54, 1.807) is 0 Å². The van der Waals surface area contributed by atoms with Crippen molar-refractivity contribution in [3.05, 3.63) is 103 Å². The van der Waals surface area contributed by atoms with Crippen LogP contribution in [0.4, 0.5) is 0 Å². The van der Waals surface area contributed by atoms with Gasteiger partial charge < -0.3 is 0 Å². The quantitative estimate of drug-likeness (QED) is 0.188. The molecule has 3 aromatic rings. The summed E-state index contributed by atoms with van der Waals surface area (Å²) < 4.78 is 2.41. The van der Waals surface area contributed by atoms with Crippen molar-refractivity contribution in [3.63, 3.8) is 0 Å². The Morgan fingerprint density at radius 3 is 1.65 bits per heavy atom. The second-order valence-electron chi connectivity index (χ2n) is 10.8. The van der Waals surface area contributed by atoms with Gasteiger partial charge in [-0.05, 0) is 29.7 Å². The molecule has 0 fully saturated rings. The predicted octanol–water partition coefficient (Wildman–Crippen LogP) is 9.14. The molecule has 4 rings (SSSR count). The summed E-state index contributed by atoms with van der Waals surface area (Å²) in [7, 11) is -1.27. The van der Waals surface area contributed by atoms with Gasteiger partial charge in [-0.3, -0.25) is 0 Å². The monoisotopic (exact) mass is 750 g/mol. The average molecular weight is 753 g/mol. The average Bonchev–Trinajstić information content (AvgIpc) is 3.32. The molecule has 0 radical (unpaired) electrons. The van der Waals surface area contributed by atoms with E-state index >= 15 is 0 Å². The molecule has 0 N–H and O–H groups in total. The van der Waals surface area contributed by atoms with Gasteiger partial charge in [0.2, 0.25) is 0 Å². The second-order valence-corrected chi connectivity index (χ2v) is 22.0. The normalized spacial score (nSPS) is 16.5. The van der Waals surface area contributed by atoms with Crippen LogP contribution in [0.3, 0.4) is 0 Å². The first-order valence-electron chi connectivity index (χ1n) is 12.2. The van der Waals surface area contributed by atoms with E-state index in [9.17, 15) is 0 Å². The zero-order valence-corrected chi connectivity index (χ0v) is 28.8. The fourth-order valence-electron chi connectivity index (χ4n) is 3.92. The minimum absolute atomic E-state index is 0.0453. The van der Waals surface area contributed by atoms with Crippen molar-refractivity contribution in [2.24, 2.45) is 15.9 Å². The third kappa shape index (κ3) is 8.67. The summed E-state index contributed by atoms with van der Waals surface area (Å²) in [5.41, 5.74) is 2.62. The Morgan fingerprint density at radius 1 is 0.811 bits per heavy atom. The van der Waals surface area contributed by atoms with Gasteiger partial charge in [0, 0.05) is 22.7 Å². The topological polar surface area (TPSA) is 15.6 Å². The molecule has 1 aliphatic heterocycles. The molecule has 0 spiro atoms. The van der Waals surface area contributed by atoms with E-state index in [1.807, 2.05) is 0 Å². The van der Waals surface area contributed by atoms with Gasteiger partial charge in [-0.25, -0.2) is 4.78 Å². The van der Waals surface area contributed by atoms with Crippen LogP contribution in [0.5, 0.6) is 0 Å². The number of hydrogen-bond acceptors (Lipinski definition) is 2. The van der Waals surface area contributed by atoms with E-state index < -0.39 is 16.0 Å². The van der Waals surface area contributed by atoms with Crippen molar-refractivity contribution in [3.8, 4) is 0 Å². The van der Waals surface area contributed by atoms with Crippen molar-refractivity contribution in [2.75, 3.05) is 6.16 Å². The third-order valence-electron chi connectivity index (χ3n) is 5.97. The summed E-state index contributed by atoms with van der Waals surface area (Å²) in [6, 6.07) is 32.9. The van der Waals surface area contributed by atoms with Gasteiger partial charge >= 0.3 is 40.8 Å². The van der Waals surface area contributed by atoms with Crippen molar-refractivity contribution in [1.82, 2.24) is 4.78 Å². The number of nitrogens with zero attached hydrogens (tertiary/aromatic N) is 2. The van der Waals surface area contributed by atoms with Crippen LogP contribution in [0.25, 0.3) is 0 Å². The summed E-state index contributed by atoms with van der Waals surface area (Å²) >= 11 is 6.80. The molecule has 7 heteroatoms. The molecule has 1 unspecified atom stereocenters. The van der Waals surface area contributed by atoms with E-state index in [0.717, 1.165) is 6.16 Å². The van der Waals surface area contributed by atoms with Gasteiger partial charge in [0.05, 0.1) is 13.8 Å². The molecule has 2 nitrogen and oxygen atoms in total. The summed E-state index contributed by atoms with van der Waals surface area (Å²) in [5.74, 6) is 2.54. The molecule has 0 bridgehead atoms. The summed E-state index contributed by atoms with van der Waals surface area (Å²) in [6.07, 6.45) is 1.02. The number of halogens is 2. The molecule has 1 atom stereocenters. The van der Waals surface area contributed by atoms with Crippen LogP contribution in [0.1, 0.15) is 41.5 Å². The van der Waals surface area contributed by atoms with Gasteiger partial charge in [-0.1, -0.05) is 133 Å². The van der Waals surface area contributed by atoms with Crippen molar-refractivity contribution >= 4 is 64.5 Å². The van der Waals surface area contributed by atoms with E-state index in [0.29, 0.717) is 13.9 Å². The molecule has 0 aromatic heterocycles. The van der Waals surface area contributed by atoms with Crippen molar-refractivity contribution in [1.29, 1.82) is 0 Å². The van der Waals surface area contributed by atoms with E-state index in [-0.39, 0.29) is 10.8 Å². The predicted molar refractivity (Wildman–Crippen MR) is 171 cm³/mol. The zero-order chi connectivity index (χ0) is 27.1. The number of allylic oxidation sites excluding steroid dienone is 1. The van der Waals surface area contributed by atoms with Gasteiger partial charge in [0.1, 0.15) is 0 Å². The minimum atomic E-state index is -0.664. The van der Waals surface area contributed by atoms with Crippen LogP contribution in [0, 0.1) is 10.8 Å². The van der Waals surface area contributed by atoms with Crippen LogP contribution < -0.4 is 15.9 Å². The van der Waals surface area contributed by atoms with Crippen LogP contribution in [0.15, 0.2) is 108 Å². The number of hydrogen-bond donors (Lipinski definition) is 0. The molecule has 0 aliphatic carbocycles. The molecule has 37 heavy (non-hydrogen) atoms. The maximum absolute atomic E-state index is 5.35. The fraction of sp³-hybridized carbons (Fsp3) is 0.300. The molecule has 1 heterocycles. The Bertz CT molecular complexity index is 1140. The Labute approximate surface area is 247 Å². The van der Waals surface area contributed by atoms with Gasteiger partial charge in [0.15, 0.2) is 0 Å². The van der Waals surface area contributed by atoms with Crippen molar-refractivity contribution in [2.45, 2.75) is 41.5 Å². The number of hydrazone groups is 1. The van der Waals surface area contributed by atoms with Gasteiger partial charge in [-0.15, -0.1) is 0 Å². The van der Waals surface area contributed by atoms with E-state index in [1.165, 1.54) is 27.3 Å². The molecule has 0 saturated heterocycles. The molecule has 1 aliphatic rings. The first kappa shape index (κ1) is 30.9. The molecule has 200 valence electrons. The molecule has 3 aromatic carbocycles. The van der Waals surface area contributed by atoms with E-state index in [2.05, 4.69) is 170 Å². The van der Waals surface area contributed by atoms with Crippen LogP contribution >= 0.6 is 42.9 Å². The van der Waals surface area contributed by atoms with E-state index in [4.69, 9.17) is 5.10 Å².